The summed E-state index contributed by atoms with van der Waals surface area (Å²) in [6.07, 6.45) is 1.87. The van der Waals surface area contributed by atoms with Gasteiger partial charge in [0, 0.05) is 44.7 Å². The highest BCUT2D eigenvalue weighted by atomic mass is 35.5. The maximum Gasteiger partial charge on any atom is 0.227 e. The highest BCUT2D eigenvalue weighted by molar-refractivity contribution is 7.98. The Morgan fingerprint density at radius 1 is 1.08 bits per heavy atom. The Labute approximate surface area is 160 Å². The zero-order chi connectivity index (χ0) is 18.1. The SMILES string of the molecule is COc1ccc(Nc2ncc3c(n2)-c2ccc(Cl)cc2SC3)cc1OC. The van der Waals surface area contributed by atoms with Gasteiger partial charge in [-0.2, -0.15) is 0 Å². The van der Waals surface area contributed by atoms with E-state index in [0.29, 0.717) is 17.4 Å². The van der Waals surface area contributed by atoms with E-state index in [4.69, 9.17) is 26.1 Å². The third kappa shape index (κ3) is 3.18. The van der Waals surface area contributed by atoms with Gasteiger partial charge in [-0.3, -0.25) is 0 Å². The van der Waals surface area contributed by atoms with Crippen LogP contribution in [-0.2, 0) is 5.75 Å². The van der Waals surface area contributed by atoms with Crippen molar-refractivity contribution in [2.45, 2.75) is 10.6 Å². The zero-order valence-electron chi connectivity index (χ0n) is 14.2. The van der Waals surface area contributed by atoms with Gasteiger partial charge in [-0.05, 0) is 24.3 Å². The van der Waals surface area contributed by atoms with E-state index in [1.807, 2.05) is 42.6 Å². The van der Waals surface area contributed by atoms with Crippen LogP contribution in [0.3, 0.4) is 0 Å². The molecule has 0 fully saturated rings. The Bertz CT molecular complexity index is 981. The molecule has 26 heavy (non-hydrogen) atoms. The van der Waals surface area contributed by atoms with Crippen LogP contribution >= 0.6 is 23.4 Å². The summed E-state index contributed by atoms with van der Waals surface area (Å²) >= 11 is 7.86. The molecule has 0 radical (unpaired) electrons. The average Bonchev–Trinajstić information content (AvgIpc) is 2.67. The van der Waals surface area contributed by atoms with Crippen molar-refractivity contribution in [3.63, 3.8) is 0 Å². The van der Waals surface area contributed by atoms with Crippen molar-refractivity contribution >= 4 is 35.0 Å². The number of hydrogen-bond donors (Lipinski definition) is 1. The number of methoxy groups -OCH3 is 2. The van der Waals surface area contributed by atoms with Gasteiger partial charge in [0.2, 0.25) is 5.95 Å². The van der Waals surface area contributed by atoms with E-state index in [1.54, 1.807) is 26.0 Å². The van der Waals surface area contributed by atoms with Gasteiger partial charge in [0.15, 0.2) is 11.5 Å². The monoisotopic (exact) mass is 385 g/mol. The summed E-state index contributed by atoms with van der Waals surface area (Å²) in [4.78, 5) is 10.3. The maximum absolute atomic E-state index is 6.12. The van der Waals surface area contributed by atoms with Crippen LogP contribution in [0.25, 0.3) is 11.3 Å². The zero-order valence-corrected chi connectivity index (χ0v) is 15.8. The third-order valence-corrected chi connectivity index (χ3v) is 5.43. The van der Waals surface area contributed by atoms with E-state index < -0.39 is 0 Å². The summed E-state index contributed by atoms with van der Waals surface area (Å²) in [6.45, 7) is 0. The Balaban J connectivity index is 1.68. The van der Waals surface area contributed by atoms with E-state index in [1.165, 1.54) is 0 Å². The molecular formula is C19H16ClN3O2S. The highest BCUT2D eigenvalue weighted by Gasteiger charge is 2.19. The Morgan fingerprint density at radius 3 is 2.73 bits per heavy atom. The lowest BCUT2D eigenvalue weighted by Crippen LogP contribution is -2.04. The molecular weight excluding hydrogens is 370 g/mol. The van der Waals surface area contributed by atoms with Crippen LogP contribution in [0, 0.1) is 0 Å². The van der Waals surface area contributed by atoms with Gasteiger partial charge in [-0.15, -0.1) is 11.8 Å². The van der Waals surface area contributed by atoms with Gasteiger partial charge in [-0.25, -0.2) is 9.97 Å². The fraction of sp³-hybridized carbons (Fsp3) is 0.158. The topological polar surface area (TPSA) is 56.3 Å². The van der Waals surface area contributed by atoms with Crippen molar-refractivity contribution in [1.29, 1.82) is 0 Å². The van der Waals surface area contributed by atoms with Crippen LogP contribution in [-0.4, -0.2) is 24.2 Å². The van der Waals surface area contributed by atoms with Crippen LogP contribution < -0.4 is 14.8 Å². The van der Waals surface area contributed by atoms with Crippen molar-refractivity contribution in [3.8, 4) is 22.8 Å². The van der Waals surface area contributed by atoms with Crippen molar-refractivity contribution < 1.29 is 9.47 Å². The normalized spacial score (nSPS) is 12.1. The summed E-state index contributed by atoms with van der Waals surface area (Å²) in [6, 6.07) is 11.5. The van der Waals surface area contributed by atoms with Crippen LogP contribution in [0.5, 0.6) is 11.5 Å². The van der Waals surface area contributed by atoms with Gasteiger partial charge in [0.05, 0.1) is 19.9 Å². The number of halogens is 1. The Kier molecular flexibility index (Phi) is 4.61. The standard InChI is InChI=1S/C19H16ClN3O2S/c1-24-15-6-4-13(8-16(15)25-2)22-19-21-9-11-10-26-17-7-12(20)3-5-14(17)18(11)23-19/h3-9H,10H2,1-2H3,(H,21,22,23). The molecule has 0 spiro atoms. The second kappa shape index (κ2) is 7.05. The molecule has 0 aliphatic carbocycles. The van der Waals surface area contributed by atoms with Crippen LogP contribution in [0.2, 0.25) is 5.02 Å². The number of ether oxygens (including phenoxy) is 2. The largest absolute Gasteiger partial charge is 0.493 e. The predicted molar refractivity (Wildman–Crippen MR) is 105 cm³/mol. The summed E-state index contributed by atoms with van der Waals surface area (Å²) in [7, 11) is 3.22. The average molecular weight is 386 g/mol. The first-order chi connectivity index (χ1) is 12.7. The number of rotatable bonds is 4. The quantitative estimate of drug-likeness (QED) is 0.669. The molecule has 0 saturated heterocycles. The lowest BCUT2D eigenvalue weighted by atomic mass is 10.1. The molecule has 5 nitrogen and oxygen atoms in total. The van der Waals surface area contributed by atoms with E-state index in [-0.39, 0.29) is 0 Å². The Hall–Kier alpha value is -2.44. The first-order valence-electron chi connectivity index (χ1n) is 7.95. The Morgan fingerprint density at radius 2 is 1.92 bits per heavy atom. The number of hydrogen-bond acceptors (Lipinski definition) is 6. The highest BCUT2D eigenvalue weighted by Crippen LogP contribution is 2.41. The van der Waals surface area contributed by atoms with E-state index in [2.05, 4.69) is 10.3 Å². The maximum atomic E-state index is 6.12. The number of benzene rings is 2. The number of nitrogens with zero attached hydrogens (tertiary/aromatic N) is 2. The number of nitrogens with one attached hydrogen (secondary N) is 1. The first-order valence-corrected chi connectivity index (χ1v) is 9.32. The van der Waals surface area contributed by atoms with Crippen molar-refractivity contribution in [2.75, 3.05) is 19.5 Å². The summed E-state index contributed by atoms with van der Waals surface area (Å²) in [5, 5.41) is 3.97. The molecule has 2 aromatic carbocycles. The fourth-order valence-electron chi connectivity index (χ4n) is 2.82. The van der Waals surface area contributed by atoms with Gasteiger partial charge in [-0.1, -0.05) is 17.7 Å². The molecule has 1 aromatic heterocycles. The van der Waals surface area contributed by atoms with Crippen molar-refractivity contribution in [3.05, 3.63) is 53.2 Å². The molecule has 1 N–H and O–H groups in total. The van der Waals surface area contributed by atoms with E-state index in [0.717, 1.165) is 38.2 Å². The molecule has 4 rings (SSSR count). The molecule has 1 aliphatic heterocycles. The molecule has 7 heteroatoms. The predicted octanol–water partition coefficient (Wildman–Crippen LogP) is 5.16. The van der Waals surface area contributed by atoms with Gasteiger partial charge in [0.25, 0.3) is 0 Å². The smallest absolute Gasteiger partial charge is 0.227 e. The molecule has 1 aliphatic rings. The van der Waals surface area contributed by atoms with Crippen molar-refractivity contribution in [1.82, 2.24) is 9.97 Å². The molecule has 2 heterocycles. The molecule has 132 valence electrons. The molecule has 3 aromatic rings. The lowest BCUT2D eigenvalue weighted by molar-refractivity contribution is 0.355. The minimum Gasteiger partial charge on any atom is -0.493 e. The van der Waals surface area contributed by atoms with Crippen molar-refractivity contribution in [2.24, 2.45) is 0 Å². The summed E-state index contributed by atoms with van der Waals surface area (Å²) < 4.78 is 10.6. The number of fused-ring (bicyclic) bond motifs is 3. The number of anilines is 2. The van der Waals surface area contributed by atoms with Crippen LogP contribution in [0.1, 0.15) is 5.56 Å². The first kappa shape index (κ1) is 17.0. The number of aromatic nitrogens is 2. The minimum atomic E-state index is 0.531. The summed E-state index contributed by atoms with van der Waals surface area (Å²) in [5.41, 5.74) is 3.96. The molecule has 0 unspecified atom stereocenters. The summed E-state index contributed by atoms with van der Waals surface area (Å²) in [5.74, 6) is 2.68. The minimum absolute atomic E-state index is 0.531. The molecule has 0 atom stereocenters. The second-order valence-electron chi connectivity index (χ2n) is 5.69. The molecule has 0 amide bonds. The molecule has 0 saturated carbocycles. The van der Waals surface area contributed by atoms with E-state index >= 15 is 0 Å². The van der Waals surface area contributed by atoms with Crippen LogP contribution in [0.15, 0.2) is 47.5 Å². The van der Waals surface area contributed by atoms with Gasteiger partial charge < -0.3 is 14.8 Å². The lowest BCUT2D eigenvalue weighted by Gasteiger charge is -2.19. The fourth-order valence-corrected chi connectivity index (χ4v) is 4.11. The second-order valence-corrected chi connectivity index (χ2v) is 7.14. The number of thioether (sulfide) groups is 1. The molecule has 0 bridgehead atoms. The van der Waals surface area contributed by atoms with Crippen LogP contribution in [0.4, 0.5) is 11.6 Å². The van der Waals surface area contributed by atoms with Gasteiger partial charge >= 0.3 is 0 Å². The third-order valence-electron chi connectivity index (χ3n) is 4.09. The van der Waals surface area contributed by atoms with E-state index in [9.17, 15) is 0 Å². The van der Waals surface area contributed by atoms with Gasteiger partial charge in [0.1, 0.15) is 0 Å².